The Labute approximate surface area is 134 Å². The molecule has 1 aromatic heterocycles. The molecule has 1 saturated heterocycles. The molecular formula is C15H23N3O3S. The molecule has 0 radical (unpaired) electrons. The van der Waals surface area contributed by atoms with Gasteiger partial charge in [-0.2, -0.15) is 0 Å². The number of Topliss-reactive ketones (excluding diaryl/α,β-unsaturated/α-hetero) is 1. The summed E-state index contributed by atoms with van der Waals surface area (Å²) in [6.45, 7) is 7.10. The average Bonchev–Trinajstić information content (AvgIpc) is 2.97. The number of ether oxygens (including phenoxy) is 1. The van der Waals surface area contributed by atoms with Crippen LogP contribution >= 0.6 is 11.3 Å². The van der Waals surface area contributed by atoms with E-state index < -0.39 is 5.60 Å². The second-order valence-electron chi connectivity index (χ2n) is 6.41. The summed E-state index contributed by atoms with van der Waals surface area (Å²) in [6.07, 6.45) is 3.19. The minimum absolute atomic E-state index is 0.00982. The SMILES string of the molecule is CC(C)(C)OC(=O)N1CCCC(NCC(=O)c2nccs2)C1. The largest absolute Gasteiger partial charge is 0.444 e. The van der Waals surface area contributed by atoms with Gasteiger partial charge >= 0.3 is 6.09 Å². The van der Waals surface area contributed by atoms with Crippen molar-refractivity contribution in [2.24, 2.45) is 0 Å². The molecule has 0 bridgehead atoms. The molecule has 1 aromatic rings. The second kappa shape index (κ2) is 7.19. The van der Waals surface area contributed by atoms with Gasteiger partial charge in [-0.05, 0) is 33.6 Å². The number of aromatic nitrogens is 1. The summed E-state index contributed by atoms with van der Waals surface area (Å²) in [5, 5.41) is 5.54. The predicted molar refractivity (Wildman–Crippen MR) is 85.3 cm³/mol. The zero-order valence-corrected chi connectivity index (χ0v) is 14.1. The molecule has 1 aliphatic heterocycles. The highest BCUT2D eigenvalue weighted by atomic mass is 32.1. The molecule has 1 amide bonds. The summed E-state index contributed by atoms with van der Waals surface area (Å²) in [5.41, 5.74) is -0.488. The lowest BCUT2D eigenvalue weighted by Crippen LogP contribution is -2.50. The quantitative estimate of drug-likeness (QED) is 0.860. The van der Waals surface area contributed by atoms with E-state index in [1.165, 1.54) is 11.3 Å². The van der Waals surface area contributed by atoms with Crippen LogP contribution in [-0.2, 0) is 4.74 Å². The normalized spacial score (nSPS) is 19.0. The molecule has 1 unspecified atom stereocenters. The van der Waals surface area contributed by atoms with E-state index in [1.807, 2.05) is 20.8 Å². The Morgan fingerprint density at radius 1 is 1.50 bits per heavy atom. The number of piperidine rings is 1. The van der Waals surface area contributed by atoms with E-state index in [1.54, 1.807) is 16.5 Å². The van der Waals surface area contributed by atoms with E-state index in [0.717, 1.165) is 12.8 Å². The van der Waals surface area contributed by atoms with Gasteiger partial charge in [0.15, 0.2) is 5.01 Å². The lowest BCUT2D eigenvalue weighted by Gasteiger charge is -2.34. The molecule has 1 fully saturated rings. The minimum atomic E-state index is -0.488. The number of amides is 1. The number of carbonyl (C=O) groups is 2. The van der Waals surface area contributed by atoms with E-state index in [2.05, 4.69) is 10.3 Å². The van der Waals surface area contributed by atoms with Gasteiger partial charge in [0, 0.05) is 30.7 Å². The van der Waals surface area contributed by atoms with Gasteiger partial charge in [0.2, 0.25) is 5.78 Å². The number of nitrogens with one attached hydrogen (secondary N) is 1. The van der Waals surface area contributed by atoms with Gasteiger partial charge in [-0.25, -0.2) is 9.78 Å². The van der Waals surface area contributed by atoms with Crippen molar-refractivity contribution in [2.45, 2.75) is 45.3 Å². The average molecular weight is 325 g/mol. The van der Waals surface area contributed by atoms with Crippen molar-refractivity contribution in [1.82, 2.24) is 15.2 Å². The number of carbonyl (C=O) groups excluding carboxylic acids is 2. The molecule has 2 heterocycles. The number of hydrogen-bond donors (Lipinski definition) is 1. The first kappa shape index (κ1) is 16.9. The van der Waals surface area contributed by atoms with E-state index in [-0.39, 0.29) is 24.5 Å². The lowest BCUT2D eigenvalue weighted by molar-refractivity contribution is 0.0188. The molecule has 122 valence electrons. The van der Waals surface area contributed by atoms with Crippen molar-refractivity contribution in [3.63, 3.8) is 0 Å². The van der Waals surface area contributed by atoms with Crippen LogP contribution in [0.15, 0.2) is 11.6 Å². The number of nitrogens with zero attached hydrogens (tertiary/aromatic N) is 2. The van der Waals surface area contributed by atoms with Crippen LogP contribution in [0.5, 0.6) is 0 Å². The van der Waals surface area contributed by atoms with Crippen molar-refractivity contribution >= 4 is 23.2 Å². The van der Waals surface area contributed by atoms with E-state index >= 15 is 0 Å². The highest BCUT2D eigenvalue weighted by Crippen LogP contribution is 2.15. The van der Waals surface area contributed by atoms with Crippen LogP contribution < -0.4 is 5.32 Å². The van der Waals surface area contributed by atoms with Gasteiger partial charge < -0.3 is 15.0 Å². The first-order chi connectivity index (χ1) is 10.3. The Balaban J connectivity index is 1.80. The first-order valence-electron chi connectivity index (χ1n) is 7.49. The third-order valence-corrected chi connectivity index (χ3v) is 4.11. The van der Waals surface area contributed by atoms with Crippen molar-refractivity contribution in [3.05, 3.63) is 16.6 Å². The van der Waals surface area contributed by atoms with E-state index in [0.29, 0.717) is 18.1 Å². The first-order valence-corrected chi connectivity index (χ1v) is 8.37. The molecule has 1 aliphatic rings. The highest BCUT2D eigenvalue weighted by Gasteiger charge is 2.27. The fourth-order valence-electron chi connectivity index (χ4n) is 2.31. The number of rotatable bonds is 4. The molecule has 0 aliphatic carbocycles. The minimum Gasteiger partial charge on any atom is -0.444 e. The van der Waals surface area contributed by atoms with Crippen molar-refractivity contribution < 1.29 is 14.3 Å². The van der Waals surface area contributed by atoms with Gasteiger partial charge in [0.25, 0.3) is 0 Å². The van der Waals surface area contributed by atoms with E-state index in [9.17, 15) is 9.59 Å². The summed E-state index contributed by atoms with van der Waals surface area (Å²) < 4.78 is 5.39. The number of ketones is 1. The summed E-state index contributed by atoms with van der Waals surface area (Å²) in [6, 6.07) is 0.116. The van der Waals surface area contributed by atoms with Crippen molar-refractivity contribution in [3.8, 4) is 0 Å². The molecule has 0 spiro atoms. The maximum Gasteiger partial charge on any atom is 0.410 e. The van der Waals surface area contributed by atoms with Crippen LogP contribution in [0.3, 0.4) is 0 Å². The van der Waals surface area contributed by atoms with E-state index in [4.69, 9.17) is 4.74 Å². The number of hydrogen-bond acceptors (Lipinski definition) is 6. The zero-order chi connectivity index (χ0) is 16.2. The second-order valence-corrected chi connectivity index (χ2v) is 7.30. The maximum atomic E-state index is 12.1. The maximum absolute atomic E-state index is 12.1. The Hall–Kier alpha value is -1.47. The van der Waals surface area contributed by atoms with Gasteiger partial charge in [-0.1, -0.05) is 0 Å². The fourth-order valence-corrected chi connectivity index (χ4v) is 2.89. The Morgan fingerprint density at radius 3 is 2.91 bits per heavy atom. The van der Waals surface area contributed by atoms with Crippen LogP contribution in [0.25, 0.3) is 0 Å². The standard InChI is InChI=1S/C15H23N3O3S/c1-15(2,3)21-14(20)18-7-4-5-11(10-18)17-9-12(19)13-16-6-8-22-13/h6,8,11,17H,4-5,7,9-10H2,1-3H3. The fraction of sp³-hybridized carbons (Fsp3) is 0.667. The number of likely N-dealkylation sites (tertiary alicyclic amines) is 1. The molecular weight excluding hydrogens is 302 g/mol. The lowest BCUT2D eigenvalue weighted by atomic mass is 10.1. The Kier molecular flexibility index (Phi) is 5.52. The van der Waals surface area contributed by atoms with Crippen LogP contribution in [0.2, 0.25) is 0 Å². The monoisotopic (exact) mass is 325 g/mol. The van der Waals surface area contributed by atoms with Crippen molar-refractivity contribution in [2.75, 3.05) is 19.6 Å². The molecule has 22 heavy (non-hydrogen) atoms. The third kappa shape index (κ3) is 5.06. The smallest absolute Gasteiger partial charge is 0.410 e. The van der Waals surface area contributed by atoms with Crippen LogP contribution in [-0.4, -0.2) is 53.0 Å². The summed E-state index contributed by atoms with van der Waals surface area (Å²) >= 11 is 1.34. The molecule has 1 atom stereocenters. The molecule has 0 aromatic carbocycles. The van der Waals surface area contributed by atoms with Gasteiger partial charge in [-0.15, -0.1) is 11.3 Å². The third-order valence-electron chi connectivity index (χ3n) is 3.30. The summed E-state index contributed by atoms with van der Waals surface area (Å²) in [5.74, 6) is -0.00982. The molecule has 7 heteroatoms. The Bertz CT molecular complexity index is 511. The van der Waals surface area contributed by atoms with Crippen molar-refractivity contribution in [1.29, 1.82) is 0 Å². The van der Waals surface area contributed by atoms with Gasteiger partial charge in [0.1, 0.15) is 5.60 Å². The topological polar surface area (TPSA) is 71.5 Å². The molecule has 6 nitrogen and oxygen atoms in total. The van der Waals surface area contributed by atoms with Gasteiger partial charge in [0.05, 0.1) is 6.54 Å². The number of thiazole rings is 1. The molecule has 2 rings (SSSR count). The van der Waals surface area contributed by atoms with Crippen LogP contribution in [0.4, 0.5) is 4.79 Å². The highest BCUT2D eigenvalue weighted by molar-refractivity contribution is 7.11. The van der Waals surface area contributed by atoms with Crippen LogP contribution in [0.1, 0.15) is 43.4 Å². The molecule has 1 N–H and O–H groups in total. The Morgan fingerprint density at radius 2 is 2.27 bits per heavy atom. The molecule has 0 saturated carbocycles. The van der Waals surface area contributed by atoms with Crippen LogP contribution in [0, 0.1) is 0 Å². The summed E-state index contributed by atoms with van der Waals surface area (Å²) in [7, 11) is 0. The zero-order valence-electron chi connectivity index (χ0n) is 13.3. The van der Waals surface area contributed by atoms with Gasteiger partial charge in [-0.3, -0.25) is 4.79 Å². The predicted octanol–water partition coefficient (Wildman–Crippen LogP) is 2.31. The summed E-state index contributed by atoms with van der Waals surface area (Å²) in [4.78, 5) is 29.7.